The Morgan fingerprint density at radius 1 is 1.09 bits per heavy atom. The molecule has 3 heterocycles. The van der Waals surface area contributed by atoms with Gasteiger partial charge in [0.2, 0.25) is 5.91 Å². The Labute approximate surface area is 187 Å². The zero-order valence-corrected chi connectivity index (χ0v) is 17.7. The van der Waals surface area contributed by atoms with Gasteiger partial charge in [-0.2, -0.15) is 0 Å². The van der Waals surface area contributed by atoms with Crippen molar-refractivity contribution < 1.29 is 18.0 Å². The van der Waals surface area contributed by atoms with Crippen LogP contribution < -0.4 is 10.9 Å². The highest BCUT2D eigenvalue weighted by Crippen LogP contribution is 2.34. The van der Waals surface area contributed by atoms with Gasteiger partial charge < -0.3 is 14.2 Å². The lowest BCUT2D eigenvalue weighted by Gasteiger charge is -2.09. The number of furan rings is 1. The lowest BCUT2D eigenvalue weighted by atomic mass is 9.99. The molecule has 0 atom stereocenters. The summed E-state index contributed by atoms with van der Waals surface area (Å²) >= 11 is 0. The Hall–Kier alpha value is -4.26. The quantitative estimate of drug-likeness (QED) is 0.391. The summed E-state index contributed by atoms with van der Waals surface area (Å²) in [6, 6.07) is 13.3. The summed E-state index contributed by atoms with van der Waals surface area (Å²) in [7, 11) is 0. The summed E-state index contributed by atoms with van der Waals surface area (Å²) in [6.07, 6.45) is 4.83. The van der Waals surface area contributed by atoms with Gasteiger partial charge in [0, 0.05) is 41.3 Å². The monoisotopic (exact) mass is 442 g/mol. The van der Waals surface area contributed by atoms with E-state index in [1.165, 1.54) is 12.1 Å². The molecule has 0 fully saturated rings. The molecular weight excluding hydrogens is 423 g/mol. The Balaban J connectivity index is 1.50. The zero-order valence-electron chi connectivity index (χ0n) is 17.7. The third-order valence-corrected chi connectivity index (χ3v) is 5.69. The number of carbonyl (C=O) groups excluding carboxylic acids is 1. The van der Waals surface area contributed by atoms with Gasteiger partial charge in [0.25, 0.3) is 0 Å². The number of hydrogen-bond acceptors (Lipinski definition) is 5. The number of nitrogens with zero attached hydrogens (tertiary/aromatic N) is 1. The van der Waals surface area contributed by atoms with Gasteiger partial charge >= 0.3 is 5.63 Å². The number of hydrogen-bond donors (Lipinski definition) is 1. The summed E-state index contributed by atoms with van der Waals surface area (Å²) in [6.45, 7) is 2.12. The van der Waals surface area contributed by atoms with Crippen molar-refractivity contribution in [3.05, 3.63) is 100 Å². The fraction of sp³-hybridized carbons (Fsp3) is 0.115. The smallest absolute Gasteiger partial charge is 0.340 e. The summed E-state index contributed by atoms with van der Waals surface area (Å²) in [5.74, 6) is -0.606. The highest BCUT2D eigenvalue weighted by molar-refractivity contribution is 6.02. The molecule has 0 aliphatic carbocycles. The normalized spacial score (nSPS) is 11.2. The minimum Gasteiger partial charge on any atom is -0.464 e. The first-order chi connectivity index (χ1) is 16.0. The fourth-order valence-corrected chi connectivity index (χ4v) is 3.89. The van der Waals surface area contributed by atoms with E-state index in [2.05, 4.69) is 10.3 Å². The molecule has 3 aromatic heterocycles. The van der Waals surface area contributed by atoms with E-state index < -0.39 is 5.63 Å². The lowest BCUT2D eigenvalue weighted by molar-refractivity contribution is -0.120. The Morgan fingerprint density at radius 3 is 2.67 bits per heavy atom. The van der Waals surface area contributed by atoms with Crippen molar-refractivity contribution in [2.45, 2.75) is 19.9 Å². The number of aromatic nitrogens is 1. The maximum atomic E-state index is 13.3. The molecular formula is C26H19FN2O4. The van der Waals surface area contributed by atoms with Crippen LogP contribution in [0, 0.1) is 12.7 Å². The van der Waals surface area contributed by atoms with E-state index in [-0.39, 0.29) is 18.1 Å². The molecule has 33 heavy (non-hydrogen) atoms. The maximum Gasteiger partial charge on any atom is 0.340 e. The first-order valence-electron chi connectivity index (χ1n) is 10.4. The molecule has 0 radical (unpaired) electrons. The molecule has 0 spiro atoms. The van der Waals surface area contributed by atoms with Crippen LogP contribution in [0.25, 0.3) is 33.1 Å². The molecule has 5 rings (SSSR count). The van der Waals surface area contributed by atoms with Gasteiger partial charge in [-0.05, 0) is 47.9 Å². The Bertz CT molecular complexity index is 1540. The summed E-state index contributed by atoms with van der Waals surface area (Å²) in [4.78, 5) is 29.2. The van der Waals surface area contributed by atoms with Gasteiger partial charge in [-0.25, -0.2) is 9.18 Å². The molecule has 0 saturated carbocycles. The van der Waals surface area contributed by atoms with Crippen molar-refractivity contribution in [3.8, 4) is 11.1 Å². The van der Waals surface area contributed by atoms with E-state index in [1.54, 1.807) is 49.8 Å². The average molecular weight is 442 g/mol. The highest BCUT2D eigenvalue weighted by Gasteiger charge is 2.18. The van der Waals surface area contributed by atoms with E-state index >= 15 is 0 Å². The molecule has 6 nitrogen and oxygen atoms in total. The van der Waals surface area contributed by atoms with E-state index in [0.717, 1.165) is 22.1 Å². The molecule has 0 aliphatic rings. The molecule has 0 bridgehead atoms. The molecule has 2 aromatic carbocycles. The predicted molar refractivity (Wildman–Crippen MR) is 122 cm³/mol. The number of carbonyl (C=O) groups is 1. The maximum absolute atomic E-state index is 13.3. The summed E-state index contributed by atoms with van der Waals surface area (Å²) in [5.41, 5.74) is 3.82. The standard InChI is InChI=1S/C26H19FN2O4/c1-15-19-9-21-22(17-4-6-18(27)7-5-17)14-32-23(21)11-24(19)33-26(31)20(15)10-25(30)29-13-16-3-2-8-28-12-16/h2-9,11-12,14H,10,13H2,1H3,(H,29,30). The molecule has 164 valence electrons. The van der Waals surface area contributed by atoms with Crippen LogP contribution in [0.4, 0.5) is 4.39 Å². The van der Waals surface area contributed by atoms with Crippen molar-refractivity contribution in [1.82, 2.24) is 10.3 Å². The first-order valence-corrected chi connectivity index (χ1v) is 10.4. The Kier molecular flexibility index (Phi) is 5.22. The van der Waals surface area contributed by atoms with Crippen LogP contribution in [0.5, 0.6) is 0 Å². The third kappa shape index (κ3) is 4.01. The summed E-state index contributed by atoms with van der Waals surface area (Å²) in [5, 5.41) is 4.32. The van der Waals surface area contributed by atoms with Crippen molar-refractivity contribution in [3.63, 3.8) is 0 Å². The molecule has 0 unspecified atom stereocenters. The topological polar surface area (TPSA) is 85.3 Å². The number of pyridine rings is 1. The molecule has 0 saturated heterocycles. The van der Waals surface area contributed by atoms with Crippen LogP contribution in [0.1, 0.15) is 16.7 Å². The number of halogens is 1. The third-order valence-electron chi connectivity index (χ3n) is 5.69. The average Bonchev–Trinajstić information content (AvgIpc) is 3.23. The molecule has 1 amide bonds. The van der Waals surface area contributed by atoms with E-state index in [9.17, 15) is 14.0 Å². The van der Waals surface area contributed by atoms with Crippen molar-refractivity contribution in [2.24, 2.45) is 0 Å². The molecule has 1 N–H and O–H groups in total. The number of benzene rings is 2. The number of amides is 1. The first kappa shape index (κ1) is 20.6. The second-order valence-electron chi connectivity index (χ2n) is 7.81. The van der Waals surface area contributed by atoms with Gasteiger partial charge in [0.05, 0.1) is 18.2 Å². The van der Waals surface area contributed by atoms with Crippen LogP contribution in [0.3, 0.4) is 0 Å². The number of aryl methyl sites for hydroxylation is 1. The second-order valence-corrected chi connectivity index (χ2v) is 7.81. The van der Waals surface area contributed by atoms with Crippen LogP contribution in [0.2, 0.25) is 0 Å². The van der Waals surface area contributed by atoms with Crippen molar-refractivity contribution >= 4 is 27.8 Å². The number of rotatable bonds is 5. The van der Waals surface area contributed by atoms with Gasteiger partial charge in [-0.15, -0.1) is 0 Å². The molecule has 0 aliphatic heterocycles. The largest absolute Gasteiger partial charge is 0.464 e. The van der Waals surface area contributed by atoms with Gasteiger partial charge in [0.15, 0.2) is 0 Å². The van der Waals surface area contributed by atoms with Crippen LogP contribution in [-0.4, -0.2) is 10.9 Å². The van der Waals surface area contributed by atoms with Crippen LogP contribution >= 0.6 is 0 Å². The SMILES string of the molecule is Cc1c(CC(=O)NCc2cccnc2)c(=O)oc2cc3occ(-c4ccc(F)cc4)c3cc12. The van der Waals surface area contributed by atoms with Crippen LogP contribution in [0.15, 0.2) is 80.8 Å². The minimum absolute atomic E-state index is 0.0986. The van der Waals surface area contributed by atoms with Gasteiger partial charge in [-0.3, -0.25) is 9.78 Å². The van der Waals surface area contributed by atoms with E-state index in [4.69, 9.17) is 8.83 Å². The van der Waals surface area contributed by atoms with Crippen LogP contribution in [-0.2, 0) is 17.8 Å². The molecule has 5 aromatic rings. The van der Waals surface area contributed by atoms with E-state index in [0.29, 0.717) is 34.2 Å². The number of fused-ring (bicyclic) bond motifs is 2. The highest BCUT2D eigenvalue weighted by atomic mass is 19.1. The number of nitrogens with one attached hydrogen (secondary N) is 1. The molecule has 7 heteroatoms. The Morgan fingerprint density at radius 2 is 1.91 bits per heavy atom. The fourth-order valence-electron chi connectivity index (χ4n) is 3.89. The second kappa shape index (κ2) is 8.35. The predicted octanol–water partition coefficient (Wildman–Crippen LogP) is 4.91. The summed E-state index contributed by atoms with van der Waals surface area (Å²) < 4.78 is 24.5. The van der Waals surface area contributed by atoms with Crippen molar-refractivity contribution in [2.75, 3.05) is 0 Å². The minimum atomic E-state index is -0.554. The van der Waals surface area contributed by atoms with Gasteiger partial charge in [-0.1, -0.05) is 18.2 Å². The lowest BCUT2D eigenvalue weighted by Crippen LogP contribution is -2.27. The van der Waals surface area contributed by atoms with Gasteiger partial charge in [0.1, 0.15) is 17.0 Å². The zero-order chi connectivity index (χ0) is 22.9. The van der Waals surface area contributed by atoms with E-state index in [1.807, 2.05) is 12.1 Å². The van der Waals surface area contributed by atoms with Crippen molar-refractivity contribution in [1.29, 1.82) is 0 Å².